The van der Waals surface area contributed by atoms with Crippen LogP contribution >= 0.6 is 0 Å². The van der Waals surface area contributed by atoms with E-state index in [4.69, 9.17) is 20.7 Å². The standard InChI is InChI=1S/C12H22N6.C8H12N4O2/c1-9(11-13-3-4-14-11)7-17-18-8-10(2)12-15-5-6-16-12;1-7(3-9,5-13)11-12-8(2,4-10)6-14/h9-10H,3-8H2,1-2H3,(H,13,14)(H,15,16);13-14H,5-6H2,1-2H3. The van der Waals surface area contributed by atoms with Crippen LogP contribution in [-0.4, -0.2) is 85.4 Å². The minimum atomic E-state index is -1.35. The van der Waals surface area contributed by atoms with E-state index < -0.39 is 24.3 Å². The smallest absolute Gasteiger partial charge is 0.187 e. The first-order valence-corrected chi connectivity index (χ1v) is 10.6. The number of aliphatic hydroxyl groups is 2. The number of nitriles is 2. The Balaban J connectivity index is 0.000000333. The number of amidine groups is 2. The van der Waals surface area contributed by atoms with Crippen molar-refractivity contribution in [2.75, 3.05) is 52.5 Å². The summed E-state index contributed by atoms with van der Waals surface area (Å²) in [4.78, 5) is 8.77. The van der Waals surface area contributed by atoms with Crippen LogP contribution in [0.15, 0.2) is 30.4 Å². The van der Waals surface area contributed by atoms with Crippen molar-refractivity contribution in [1.29, 1.82) is 10.5 Å². The zero-order valence-corrected chi connectivity index (χ0v) is 19.3. The molecule has 2 aliphatic rings. The summed E-state index contributed by atoms with van der Waals surface area (Å²) in [5.74, 6) is 2.83. The summed E-state index contributed by atoms with van der Waals surface area (Å²) < 4.78 is 0. The van der Waals surface area contributed by atoms with E-state index in [0.717, 1.165) is 37.9 Å². The van der Waals surface area contributed by atoms with Crippen molar-refractivity contribution >= 4 is 11.7 Å². The van der Waals surface area contributed by atoms with Gasteiger partial charge in [0.2, 0.25) is 0 Å². The highest BCUT2D eigenvalue weighted by molar-refractivity contribution is 5.86. The maximum absolute atomic E-state index is 8.81. The Labute approximate surface area is 189 Å². The predicted molar refractivity (Wildman–Crippen MR) is 121 cm³/mol. The molecule has 0 aromatic carbocycles. The number of nitrogens with one attached hydrogen (secondary N) is 2. The fourth-order valence-electron chi connectivity index (χ4n) is 2.43. The molecular weight excluding hydrogens is 412 g/mol. The van der Waals surface area contributed by atoms with E-state index in [9.17, 15) is 0 Å². The Bertz CT molecular complexity index is 733. The second-order valence-corrected chi connectivity index (χ2v) is 8.13. The fourth-order valence-corrected chi connectivity index (χ4v) is 2.43. The number of rotatable bonds is 10. The zero-order valence-electron chi connectivity index (χ0n) is 19.3. The van der Waals surface area contributed by atoms with Gasteiger partial charge in [0.25, 0.3) is 0 Å². The highest BCUT2D eigenvalue weighted by atomic mass is 16.3. The van der Waals surface area contributed by atoms with Gasteiger partial charge in [-0.3, -0.25) is 9.98 Å². The van der Waals surface area contributed by atoms with Gasteiger partial charge in [-0.2, -0.15) is 31.0 Å². The highest BCUT2D eigenvalue weighted by Crippen LogP contribution is 2.14. The number of aliphatic hydroxyl groups excluding tert-OH is 2. The summed E-state index contributed by atoms with van der Waals surface area (Å²) in [5.41, 5.74) is -2.71. The molecule has 32 heavy (non-hydrogen) atoms. The minimum absolute atomic E-state index is 0.341. The van der Waals surface area contributed by atoms with E-state index in [1.165, 1.54) is 13.8 Å². The van der Waals surface area contributed by atoms with E-state index in [-0.39, 0.29) is 0 Å². The average molecular weight is 447 g/mol. The van der Waals surface area contributed by atoms with Crippen molar-refractivity contribution in [2.24, 2.45) is 42.3 Å². The Morgan fingerprint density at radius 2 is 1.25 bits per heavy atom. The topological polar surface area (TPSA) is 186 Å². The SMILES string of the molecule is CC(C#N)(CO)N=NC(C)(C#N)CO.CC(CN=NCC(C)C1=NCCN1)C1=NCCN1. The van der Waals surface area contributed by atoms with E-state index in [2.05, 4.69) is 54.9 Å². The van der Waals surface area contributed by atoms with Gasteiger partial charge in [-0.05, 0) is 13.8 Å². The molecular formula is C20H34N10O2. The van der Waals surface area contributed by atoms with Crippen LogP contribution in [0.1, 0.15) is 27.7 Å². The predicted octanol–water partition coefficient (Wildman–Crippen LogP) is 0.702. The van der Waals surface area contributed by atoms with E-state index in [0.29, 0.717) is 24.9 Å². The Morgan fingerprint density at radius 1 is 0.875 bits per heavy atom. The number of hydrogen-bond donors (Lipinski definition) is 4. The molecule has 0 aliphatic carbocycles. The molecule has 0 aromatic heterocycles. The van der Waals surface area contributed by atoms with Gasteiger partial charge in [0.05, 0.1) is 51.5 Å². The summed E-state index contributed by atoms with van der Waals surface area (Å²) in [6, 6.07) is 3.49. The quantitative estimate of drug-likeness (QED) is 0.357. The van der Waals surface area contributed by atoms with Gasteiger partial charge < -0.3 is 20.8 Å². The maximum Gasteiger partial charge on any atom is 0.187 e. The Kier molecular flexibility index (Phi) is 11.4. The molecule has 12 nitrogen and oxygen atoms in total. The molecule has 2 aliphatic heterocycles. The second-order valence-electron chi connectivity index (χ2n) is 8.13. The van der Waals surface area contributed by atoms with Crippen LogP contribution in [0.25, 0.3) is 0 Å². The van der Waals surface area contributed by atoms with Gasteiger partial charge in [-0.1, -0.05) is 13.8 Å². The second kappa shape index (κ2) is 13.5. The normalized spacial score (nSPS) is 21.0. The van der Waals surface area contributed by atoms with Crippen molar-refractivity contribution in [1.82, 2.24) is 10.6 Å². The first-order valence-electron chi connectivity index (χ1n) is 10.6. The molecule has 0 amide bonds. The summed E-state index contributed by atoms with van der Waals surface area (Å²) in [6.45, 7) is 11.1. The van der Waals surface area contributed by atoms with Crippen LogP contribution in [0.3, 0.4) is 0 Å². The molecule has 0 bridgehead atoms. The van der Waals surface area contributed by atoms with Crippen LogP contribution < -0.4 is 10.6 Å². The lowest BCUT2D eigenvalue weighted by molar-refractivity contribution is 0.217. The number of azo groups is 2. The third-order valence-corrected chi connectivity index (χ3v) is 4.73. The van der Waals surface area contributed by atoms with Gasteiger partial charge in [0.1, 0.15) is 11.7 Å². The molecule has 0 fully saturated rings. The molecule has 0 radical (unpaired) electrons. The summed E-state index contributed by atoms with van der Waals surface area (Å²) in [7, 11) is 0. The monoisotopic (exact) mass is 446 g/mol. The fraction of sp³-hybridized carbons (Fsp3) is 0.800. The Hall–Kier alpha value is -2.96. The van der Waals surface area contributed by atoms with E-state index in [1.54, 1.807) is 12.1 Å². The molecule has 4 atom stereocenters. The lowest BCUT2D eigenvalue weighted by Crippen LogP contribution is -2.28. The molecule has 176 valence electrons. The number of hydrogen-bond acceptors (Lipinski definition) is 12. The van der Waals surface area contributed by atoms with Crippen molar-refractivity contribution < 1.29 is 10.2 Å². The first kappa shape index (κ1) is 27.1. The molecule has 0 saturated heterocycles. The van der Waals surface area contributed by atoms with Gasteiger partial charge in [0, 0.05) is 24.9 Å². The lowest BCUT2D eigenvalue weighted by atomic mass is 10.1. The van der Waals surface area contributed by atoms with E-state index >= 15 is 0 Å². The van der Waals surface area contributed by atoms with Crippen molar-refractivity contribution in [3.05, 3.63) is 0 Å². The van der Waals surface area contributed by atoms with Crippen molar-refractivity contribution in [2.45, 2.75) is 38.8 Å². The maximum atomic E-state index is 8.81. The molecule has 4 N–H and O–H groups in total. The average Bonchev–Trinajstić information content (AvgIpc) is 3.55. The van der Waals surface area contributed by atoms with Gasteiger partial charge in [-0.25, -0.2) is 0 Å². The summed E-state index contributed by atoms with van der Waals surface area (Å²) in [5, 5.41) is 57.0. The molecule has 4 unspecified atom stereocenters. The zero-order chi connectivity index (χ0) is 24.0. The highest BCUT2D eigenvalue weighted by Gasteiger charge is 2.27. The van der Waals surface area contributed by atoms with Crippen LogP contribution in [0.2, 0.25) is 0 Å². The third kappa shape index (κ3) is 9.04. The number of nitrogens with zero attached hydrogens (tertiary/aromatic N) is 8. The number of aliphatic imine (C=N–C) groups is 2. The van der Waals surface area contributed by atoms with Crippen molar-refractivity contribution in [3.63, 3.8) is 0 Å². The molecule has 0 spiro atoms. The molecule has 0 aromatic rings. The van der Waals surface area contributed by atoms with Crippen molar-refractivity contribution in [3.8, 4) is 12.1 Å². The summed E-state index contributed by atoms with van der Waals surface area (Å²) in [6.07, 6.45) is 0. The van der Waals surface area contributed by atoms with Crippen LogP contribution in [0.5, 0.6) is 0 Å². The first-order chi connectivity index (χ1) is 15.2. The lowest BCUT2D eigenvalue weighted by Gasteiger charge is -2.15. The molecule has 12 heteroatoms. The minimum Gasteiger partial charge on any atom is -0.393 e. The third-order valence-electron chi connectivity index (χ3n) is 4.73. The van der Waals surface area contributed by atoms with Crippen LogP contribution in [0.4, 0.5) is 0 Å². The summed E-state index contributed by atoms with van der Waals surface area (Å²) >= 11 is 0. The van der Waals surface area contributed by atoms with Crippen LogP contribution in [-0.2, 0) is 0 Å². The van der Waals surface area contributed by atoms with Gasteiger partial charge in [-0.15, -0.1) is 0 Å². The van der Waals surface area contributed by atoms with Gasteiger partial charge >= 0.3 is 0 Å². The van der Waals surface area contributed by atoms with Crippen LogP contribution in [0, 0.1) is 34.5 Å². The molecule has 2 heterocycles. The largest absolute Gasteiger partial charge is 0.393 e. The van der Waals surface area contributed by atoms with Gasteiger partial charge in [0.15, 0.2) is 11.1 Å². The molecule has 2 rings (SSSR count). The molecule has 0 saturated carbocycles. The Morgan fingerprint density at radius 3 is 1.50 bits per heavy atom. The van der Waals surface area contributed by atoms with E-state index in [1.807, 2.05) is 0 Å².